The molecule has 1 aliphatic rings. The summed E-state index contributed by atoms with van der Waals surface area (Å²) in [5.74, 6) is 5.12. The Morgan fingerprint density at radius 2 is 2.36 bits per heavy atom. The van der Waals surface area contributed by atoms with Crippen molar-refractivity contribution in [2.24, 2.45) is 5.84 Å². The first-order valence-corrected chi connectivity index (χ1v) is 3.50. The van der Waals surface area contributed by atoms with Crippen molar-refractivity contribution in [3.63, 3.8) is 0 Å². The summed E-state index contributed by atoms with van der Waals surface area (Å²) in [5, 5.41) is 3.85. The highest BCUT2D eigenvalue weighted by Gasteiger charge is 2.31. The van der Waals surface area contributed by atoms with Gasteiger partial charge in [-0.1, -0.05) is 0 Å². The molecule has 1 saturated heterocycles. The number of hydrazine groups is 1. The van der Waals surface area contributed by atoms with E-state index in [2.05, 4.69) is 5.32 Å². The number of amides is 1. The first kappa shape index (κ1) is 8.42. The van der Waals surface area contributed by atoms with Crippen molar-refractivity contribution >= 4 is 5.91 Å². The number of hydrogen-bond acceptors (Lipinski definition) is 3. The Morgan fingerprint density at radius 1 is 1.73 bits per heavy atom. The fourth-order valence-electron chi connectivity index (χ4n) is 1.19. The van der Waals surface area contributed by atoms with Crippen LogP contribution in [0.4, 0.5) is 4.39 Å². The third-order valence-electron chi connectivity index (χ3n) is 1.67. The van der Waals surface area contributed by atoms with E-state index in [0.29, 0.717) is 6.54 Å². The van der Waals surface area contributed by atoms with Crippen LogP contribution in [-0.2, 0) is 4.79 Å². The largest absolute Gasteiger partial charge is 0.349 e. The number of halogens is 1. The molecule has 1 amide bonds. The van der Waals surface area contributed by atoms with Gasteiger partial charge in [0.25, 0.3) is 0 Å². The van der Waals surface area contributed by atoms with Crippen LogP contribution < -0.4 is 11.2 Å². The molecule has 0 aliphatic carbocycles. The van der Waals surface area contributed by atoms with E-state index in [-0.39, 0.29) is 12.5 Å². The first-order valence-electron chi connectivity index (χ1n) is 3.50. The fourth-order valence-corrected chi connectivity index (χ4v) is 1.19. The Bertz CT molecular complexity index is 164. The van der Waals surface area contributed by atoms with Gasteiger partial charge in [0.15, 0.2) is 0 Å². The van der Waals surface area contributed by atoms with Gasteiger partial charge in [-0.15, -0.1) is 0 Å². The van der Waals surface area contributed by atoms with Gasteiger partial charge >= 0.3 is 0 Å². The van der Waals surface area contributed by atoms with Crippen molar-refractivity contribution in [1.82, 2.24) is 10.3 Å². The van der Waals surface area contributed by atoms with Crippen LogP contribution in [0.25, 0.3) is 0 Å². The molecule has 4 nitrogen and oxygen atoms in total. The molecule has 1 rings (SSSR count). The minimum absolute atomic E-state index is 0.199. The number of nitrogens with one attached hydrogen (secondary N) is 1. The van der Waals surface area contributed by atoms with Crippen molar-refractivity contribution < 1.29 is 9.18 Å². The molecule has 1 fully saturated rings. The van der Waals surface area contributed by atoms with Crippen molar-refractivity contribution in [3.05, 3.63) is 0 Å². The highest BCUT2D eigenvalue weighted by atomic mass is 19.1. The van der Waals surface area contributed by atoms with Crippen molar-refractivity contribution in [2.45, 2.75) is 19.1 Å². The maximum Gasteiger partial charge on any atom is 0.217 e. The molecule has 1 aliphatic heterocycles. The lowest BCUT2D eigenvalue weighted by Gasteiger charge is -2.11. The van der Waals surface area contributed by atoms with Gasteiger partial charge in [-0.05, 0) is 0 Å². The van der Waals surface area contributed by atoms with E-state index in [4.69, 9.17) is 5.84 Å². The molecule has 1 heterocycles. The Hall–Kier alpha value is -0.680. The van der Waals surface area contributed by atoms with Crippen LogP contribution in [0.5, 0.6) is 0 Å². The predicted molar refractivity (Wildman–Crippen MR) is 38.3 cm³/mol. The zero-order valence-corrected chi connectivity index (χ0v) is 6.38. The zero-order valence-electron chi connectivity index (χ0n) is 6.38. The van der Waals surface area contributed by atoms with E-state index >= 15 is 0 Å². The van der Waals surface area contributed by atoms with Gasteiger partial charge in [0, 0.05) is 20.0 Å². The lowest BCUT2D eigenvalue weighted by atomic mass is 10.2. The second-order valence-electron chi connectivity index (χ2n) is 2.78. The molecule has 0 unspecified atom stereocenters. The minimum atomic E-state index is -1.04. The van der Waals surface area contributed by atoms with Gasteiger partial charge in [-0.25, -0.2) is 9.40 Å². The number of hydrogen-bond donors (Lipinski definition) is 2. The molecule has 0 saturated carbocycles. The molecule has 0 aromatic heterocycles. The highest BCUT2D eigenvalue weighted by Crippen LogP contribution is 2.09. The van der Waals surface area contributed by atoms with Crippen LogP contribution >= 0.6 is 0 Å². The second-order valence-corrected chi connectivity index (χ2v) is 2.78. The molecule has 0 spiro atoms. The highest BCUT2D eigenvalue weighted by molar-refractivity contribution is 5.73. The van der Waals surface area contributed by atoms with E-state index in [1.807, 2.05) is 0 Å². The van der Waals surface area contributed by atoms with Crippen molar-refractivity contribution in [1.29, 1.82) is 0 Å². The smallest absolute Gasteiger partial charge is 0.217 e. The number of carbonyl (C=O) groups is 1. The molecule has 3 N–H and O–H groups in total. The Kier molecular flexibility index (Phi) is 2.41. The number of alkyl halides is 1. The summed E-state index contributed by atoms with van der Waals surface area (Å²) in [6.07, 6.45) is -1.04. The van der Waals surface area contributed by atoms with Crippen molar-refractivity contribution in [3.8, 4) is 0 Å². The summed E-state index contributed by atoms with van der Waals surface area (Å²) in [6.45, 7) is 1.96. The summed E-state index contributed by atoms with van der Waals surface area (Å²) in [5.41, 5.74) is 0. The summed E-state index contributed by atoms with van der Waals surface area (Å²) in [7, 11) is 0. The molecular weight excluding hydrogens is 149 g/mol. The van der Waals surface area contributed by atoms with E-state index in [0.717, 1.165) is 0 Å². The molecule has 0 bridgehead atoms. The van der Waals surface area contributed by atoms with Crippen LogP contribution in [0.2, 0.25) is 0 Å². The molecule has 11 heavy (non-hydrogen) atoms. The van der Waals surface area contributed by atoms with E-state index in [9.17, 15) is 9.18 Å². The summed E-state index contributed by atoms with van der Waals surface area (Å²) < 4.78 is 12.9. The monoisotopic (exact) mass is 161 g/mol. The van der Waals surface area contributed by atoms with Gasteiger partial charge in [0.05, 0.1) is 6.04 Å². The maximum absolute atomic E-state index is 12.9. The summed E-state index contributed by atoms with van der Waals surface area (Å²) >= 11 is 0. The lowest BCUT2D eigenvalue weighted by molar-refractivity contribution is -0.119. The van der Waals surface area contributed by atoms with Gasteiger partial charge in [0.2, 0.25) is 5.91 Å². The number of nitrogens with zero attached hydrogens (tertiary/aromatic N) is 1. The second kappa shape index (κ2) is 3.15. The van der Waals surface area contributed by atoms with Crippen LogP contribution in [0.1, 0.15) is 6.92 Å². The average molecular weight is 161 g/mol. The molecule has 2 atom stereocenters. The van der Waals surface area contributed by atoms with Gasteiger partial charge in [-0.2, -0.15) is 0 Å². The first-order chi connectivity index (χ1) is 5.09. The minimum Gasteiger partial charge on any atom is -0.349 e. The van der Waals surface area contributed by atoms with Crippen LogP contribution in [0.3, 0.4) is 0 Å². The molecule has 0 radical (unpaired) electrons. The Labute approximate surface area is 64.5 Å². The average Bonchev–Trinajstić information content (AvgIpc) is 2.09. The standard InChI is InChI=1S/C6H12FN3O/c1-4(11)9-6-3-10(8)2-5(6)7/h5-6H,2-3,8H2,1H3,(H,9,11)/t5-,6+/m0/s1. The third kappa shape index (κ3) is 2.13. The molecule has 64 valence electrons. The van der Waals surface area contributed by atoms with E-state index in [1.54, 1.807) is 0 Å². The summed E-state index contributed by atoms with van der Waals surface area (Å²) in [6, 6.07) is -0.433. The van der Waals surface area contributed by atoms with Crippen molar-refractivity contribution in [2.75, 3.05) is 13.1 Å². The lowest BCUT2D eigenvalue weighted by Crippen LogP contribution is -2.40. The van der Waals surface area contributed by atoms with Crippen LogP contribution in [0.15, 0.2) is 0 Å². The Balaban J connectivity index is 2.40. The predicted octanol–water partition coefficient (Wildman–Crippen LogP) is -0.981. The van der Waals surface area contributed by atoms with Crippen LogP contribution in [0, 0.1) is 0 Å². The topological polar surface area (TPSA) is 58.4 Å². The van der Waals surface area contributed by atoms with E-state index in [1.165, 1.54) is 11.9 Å². The van der Waals surface area contributed by atoms with Gasteiger partial charge in [0.1, 0.15) is 6.17 Å². The van der Waals surface area contributed by atoms with Crippen LogP contribution in [-0.4, -0.2) is 36.2 Å². The number of nitrogens with two attached hydrogens (primary N) is 1. The third-order valence-corrected chi connectivity index (χ3v) is 1.67. The van der Waals surface area contributed by atoms with Gasteiger partial charge < -0.3 is 5.32 Å². The quantitative estimate of drug-likeness (QED) is 0.486. The zero-order chi connectivity index (χ0) is 8.43. The number of rotatable bonds is 1. The van der Waals surface area contributed by atoms with Gasteiger partial charge in [-0.3, -0.25) is 10.6 Å². The fraction of sp³-hybridized carbons (Fsp3) is 0.833. The summed E-state index contributed by atoms with van der Waals surface area (Å²) in [4.78, 5) is 10.5. The Morgan fingerprint density at radius 3 is 2.73 bits per heavy atom. The SMILES string of the molecule is CC(=O)N[C@@H]1CN(N)C[C@@H]1F. The molecular formula is C6H12FN3O. The number of carbonyl (C=O) groups excluding carboxylic acids is 1. The molecule has 0 aromatic carbocycles. The van der Waals surface area contributed by atoms with E-state index < -0.39 is 12.2 Å². The molecule has 0 aromatic rings. The molecule has 5 heteroatoms. The normalized spacial score (nSPS) is 32.3. The maximum atomic E-state index is 12.9.